The highest BCUT2D eigenvalue weighted by atomic mass is 79.9. The molecular weight excluding hydrogens is 400 g/mol. The van der Waals surface area contributed by atoms with E-state index in [1.165, 1.54) is 32.7 Å². The Morgan fingerprint density at radius 3 is 2.18 bits per heavy atom. The molecule has 0 aromatic heterocycles. The third kappa shape index (κ3) is 2.37. The van der Waals surface area contributed by atoms with Crippen LogP contribution in [0.2, 0.25) is 0 Å². The number of benzene rings is 4. The molecule has 0 radical (unpaired) electrons. The third-order valence-corrected chi connectivity index (χ3v) is 5.17. The highest BCUT2D eigenvalue weighted by molar-refractivity contribution is 9.11. The van der Waals surface area contributed by atoms with Crippen molar-refractivity contribution in [1.82, 2.24) is 0 Å². The predicted molar refractivity (Wildman–Crippen MR) is 102 cm³/mol. The molecule has 0 fully saturated rings. The molecule has 0 N–H and O–H groups in total. The Morgan fingerprint density at radius 1 is 0.591 bits per heavy atom. The lowest BCUT2D eigenvalue weighted by Gasteiger charge is -2.10. The topological polar surface area (TPSA) is 0 Å². The van der Waals surface area contributed by atoms with Gasteiger partial charge in [0.1, 0.15) is 0 Å². The maximum absolute atomic E-state index is 3.65. The second-order valence-corrected chi connectivity index (χ2v) is 7.12. The molecule has 0 bridgehead atoms. The number of halogens is 2. The smallest absolute Gasteiger partial charge is 0.0254 e. The van der Waals surface area contributed by atoms with E-state index in [0.29, 0.717) is 0 Å². The summed E-state index contributed by atoms with van der Waals surface area (Å²) in [5, 5.41) is 5.02. The fourth-order valence-corrected chi connectivity index (χ4v) is 3.75. The second-order valence-electron chi connectivity index (χ2n) is 5.35. The minimum absolute atomic E-state index is 1.11. The minimum Gasteiger partial charge on any atom is -0.0616 e. The molecule has 2 heteroatoms. The fourth-order valence-electron chi connectivity index (χ4n) is 2.90. The van der Waals surface area contributed by atoms with Gasteiger partial charge in [-0.1, -0.05) is 80.4 Å². The van der Waals surface area contributed by atoms with Crippen molar-refractivity contribution in [2.24, 2.45) is 0 Å². The van der Waals surface area contributed by atoms with Gasteiger partial charge in [0.05, 0.1) is 0 Å². The van der Waals surface area contributed by atoms with Crippen LogP contribution < -0.4 is 0 Å². The number of hydrogen-bond acceptors (Lipinski definition) is 0. The Labute approximate surface area is 146 Å². The molecule has 0 saturated heterocycles. The van der Waals surface area contributed by atoms with Gasteiger partial charge in [-0.05, 0) is 56.9 Å². The van der Waals surface area contributed by atoms with Crippen LogP contribution in [0.4, 0.5) is 0 Å². The molecule has 4 aromatic carbocycles. The Hall–Kier alpha value is -1.64. The summed E-state index contributed by atoms with van der Waals surface area (Å²) in [6.07, 6.45) is 0. The van der Waals surface area contributed by atoms with Crippen LogP contribution >= 0.6 is 31.9 Å². The zero-order chi connectivity index (χ0) is 15.1. The molecule has 0 atom stereocenters. The lowest BCUT2D eigenvalue weighted by Crippen LogP contribution is -1.83. The fraction of sp³-hybridized carbons (Fsp3) is 0. The molecule has 0 aliphatic carbocycles. The third-order valence-electron chi connectivity index (χ3n) is 3.98. The first-order valence-corrected chi connectivity index (χ1v) is 8.68. The van der Waals surface area contributed by atoms with Crippen molar-refractivity contribution in [3.05, 3.63) is 81.7 Å². The molecule has 4 aromatic rings. The average molecular weight is 412 g/mol. The van der Waals surface area contributed by atoms with Crippen LogP contribution in [-0.4, -0.2) is 0 Å². The van der Waals surface area contributed by atoms with Crippen LogP contribution in [0, 0.1) is 0 Å². The van der Waals surface area contributed by atoms with Crippen LogP contribution in [-0.2, 0) is 0 Å². The van der Waals surface area contributed by atoms with Crippen molar-refractivity contribution in [2.75, 3.05) is 0 Å². The standard InChI is InChI=1S/C20H12Br2/c21-16-8-7-13-11-15(6-5-14(13)12-16)17-9-10-20(22)19-4-2-1-3-18(17)19/h1-12H. The Balaban J connectivity index is 1.99. The normalized spacial score (nSPS) is 11.2. The summed E-state index contributed by atoms with van der Waals surface area (Å²) < 4.78 is 2.25. The van der Waals surface area contributed by atoms with E-state index in [1.807, 2.05) is 0 Å². The summed E-state index contributed by atoms with van der Waals surface area (Å²) in [5.74, 6) is 0. The van der Waals surface area contributed by atoms with E-state index in [1.54, 1.807) is 0 Å². The van der Waals surface area contributed by atoms with E-state index in [4.69, 9.17) is 0 Å². The molecule has 22 heavy (non-hydrogen) atoms. The van der Waals surface area contributed by atoms with Crippen LogP contribution in [0.5, 0.6) is 0 Å². The summed E-state index contributed by atoms with van der Waals surface area (Å²) in [5.41, 5.74) is 2.52. The van der Waals surface area contributed by atoms with Gasteiger partial charge in [-0.3, -0.25) is 0 Å². The quantitative estimate of drug-likeness (QED) is 0.311. The Bertz CT molecular complexity index is 1000. The van der Waals surface area contributed by atoms with E-state index in [9.17, 15) is 0 Å². The van der Waals surface area contributed by atoms with E-state index in [-0.39, 0.29) is 0 Å². The predicted octanol–water partition coefficient (Wildman–Crippen LogP) is 7.19. The maximum atomic E-state index is 3.65. The molecule has 0 nitrogen and oxygen atoms in total. The number of hydrogen-bond donors (Lipinski definition) is 0. The van der Waals surface area contributed by atoms with Crippen LogP contribution in [0.25, 0.3) is 32.7 Å². The van der Waals surface area contributed by atoms with E-state index in [0.717, 1.165) is 8.95 Å². The molecule has 106 valence electrons. The van der Waals surface area contributed by atoms with Gasteiger partial charge < -0.3 is 0 Å². The van der Waals surface area contributed by atoms with Gasteiger partial charge in [0, 0.05) is 8.95 Å². The van der Waals surface area contributed by atoms with Gasteiger partial charge in [0.15, 0.2) is 0 Å². The first-order valence-electron chi connectivity index (χ1n) is 7.09. The van der Waals surface area contributed by atoms with Crippen molar-refractivity contribution in [1.29, 1.82) is 0 Å². The number of rotatable bonds is 1. The van der Waals surface area contributed by atoms with E-state index >= 15 is 0 Å². The molecule has 4 rings (SSSR count). The Kier molecular flexibility index (Phi) is 3.51. The van der Waals surface area contributed by atoms with E-state index < -0.39 is 0 Å². The second kappa shape index (κ2) is 5.53. The Morgan fingerprint density at radius 2 is 1.32 bits per heavy atom. The van der Waals surface area contributed by atoms with Gasteiger partial charge >= 0.3 is 0 Å². The van der Waals surface area contributed by atoms with Crippen molar-refractivity contribution in [3.8, 4) is 11.1 Å². The van der Waals surface area contributed by atoms with Crippen LogP contribution in [0.1, 0.15) is 0 Å². The highest BCUT2D eigenvalue weighted by Gasteiger charge is 2.07. The first-order chi connectivity index (χ1) is 10.7. The van der Waals surface area contributed by atoms with Crippen LogP contribution in [0.3, 0.4) is 0 Å². The summed E-state index contributed by atoms with van der Waals surface area (Å²) in [6.45, 7) is 0. The molecule has 0 amide bonds. The van der Waals surface area contributed by atoms with E-state index in [2.05, 4.69) is 105 Å². The lowest BCUT2D eigenvalue weighted by atomic mass is 9.96. The van der Waals surface area contributed by atoms with Crippen molar-refractivity contribution in [3.63, 3.8) is 0 Å². The first kappa shape index (κ1) is 14.0. The van der Waals surface area contributed by atoms with Crippen molar-refractivity contribution < 1.29 is 0 Å². The molecule has 0 aliphatic rings. The van der Waals surface area contributed by atoms with Gasteiger partial charge in [0.2, 0.25) is 0 Å². The molecule has 0 heterocycles. The monoisotopic (exact) mass is 410 g/mol. The highest BCUT2D eigenvalue weighted by Crippen LogP contribution is 2.34. The van der Waals surface area contributed by atoms with Gasteiger partial charge in [-0.15, -0.1) is 0 Å². The summed E-state index contributed by atoms with van der Waals surface area (Å²) >= 11 is 7.18. The minimum atomic E-state index is 1.11. The van der Waals surface area contributed by atoms with Gasteiger partial charge in [-0.2, -0.15) is 0 Å². The van der Waals surface area contributed by atoms with Crippen molar-refractivity contribution >= 4 is 53.4 Å². The molecule has 0 unspecified atom stereocenters. The SMILES string of the molecule is Brc1ccc2cc(-c3ccc(Br)c4ccccc34)ccc2c1. The molecule has 0 aliphatic heterocycles. The molecule has 0 saturated carbocycles. The average Bonchev–Trinajstić information content (AvgIpc) is 2.55. The van der Waals surface area contributed by atoms with Crippen molar-refractivity contribution in [2.45, 2.75) is 0 Å². The lowest BCUT2D eigenvalue weighted by molar-refractivity contribution is 1.65. The zero-order valence-electron chi connectivity index (χ0n) is 11.7. The summed E-state index contributed by atoms with van der Waals surface area (Å²) in [4.78, 5) is 0. The summed E-state index contributed by atoms with van der Waals surface area (Å²) in [7, 11) is 0. The number of fused-ring (bicyclic) bond motifs is 2. The maximum Gasteiger partial charge on any atom is 0.0254 e. The molecule has 0 spiro atoms. The summed E-state index contributed by atoms with van der Waals surface area (Å²) in [6, 6.07) is 25.9. The van der Waals surface area contributed by atoms with Gasteiger partial charge in [0.25, 0.3) is 0 Å². The zero-order valence-corrected chi connectivity index (χ0v) is 14.9. The van der Waals surface area contributed by atoms with Gasteiger partial charge in [-0.25, -0.2) is 0 Å². The largest absolute Gasteiger partial charge is 0.0616 e. The molecular formula is C20H12Br2. The van der Waals surface area contributed by atoms with Crippen LogP contribution in [0.15, 0.2) is 81.7 Å².